The molecule has 0 aliphatic carbocycles. The number of carbonyl (C=O) groups excluding carboxylic acids is 1. The average Bonchev–Trinajstić information content (AvgIpc) is 2.91. The molecule has 2 rings (SSSR count). The second-order valence-corrected chi connectivity index (χ2v) is 5.07. The molecule has 1 aliphatic rings. The van der Waals surface area contributed by atoms with E-state index in [1.54, 1.807) is 23.3 Å². The molecule has 0 spiro atoms. The van der Waals surface area contributed by atoms with Gasteiger partial charge in [0.1, 0.15) is 6.04 Å². The van der Waals surface area contributed by atoms with Crippen LogP contribution in [0.1, 0.15) is 25.8 Å². The van der Waals surface area contributed by atoms with E-state index >= 15 is 0 Å². The van der Waals surface area contributed by atoms with Crippen LogP contribution in [0.3, 0.4) is 0 Å². The van der Waals surface area contributed by atoms with Crippen molar-refractivity contribution in [3.05, 3.63) is 18.7 Å². The van der Waals surface area contributed by atoms with Crippen molar-refractivity contribution >= 4 is 5.91 Å². The molecule has 19 heavy (non-hydrogen) atoms. The van der Waals surface area contributed by atoms with Gasteiger partial charge in [-0.2, -0.15) is 0 Å². The molecule has 2 N–H and O–H groups in total. The fraction of sp³-hybridized carbons (Fsp3) is 0.692. The minimum absolute atomic E-state index is 0.00411. The number of hydrogen-bond acceptors (Lipinski definition) is 4. The van der Waals surface area contributed by atoms with Crippen LogP contribution in [0.4, 0.5) is 0 Å². The summed E-state index contributed by atoms with van der Waals surface area (Å²) in [6.45, 7) is 4.97. The Morgan fingerprint density at radius 2 is 2.47 bits per heavy atom. The first kappa shape index (κ1) is 14.0. The van der Waals surface area contributed by atoms with Crippen molar-refractivity contribution in [3.63, 3.8) is 0 Å². The maximum atomic E-state index is 11.9. The monoisotopic (exact) mass is 266 g/mol. The van der Waals surface area contributed by atoms with Gasteiger partial charge < -0.3 is 15.0 Å². The second kappa shape index (κ2) is 6.68. The minimum atomic E-state index is -0.241. The van der Waals surface area contributed by atoms with Crippen molar-refractivity contribution < 1.29 is 9.90 Å². The van der Waals surface area contributed by atoms with Gasteiger partial charge in [-0.25, -0.2) is 4.98 Å². The molecule has 1 saturated heterocycles. The highest BCUT2D eigenvalue weighted by Gasteiger charge is 2.18. The fourth-order valence-corrected chi connectivity index (χ4v) is 2.35. The highest BCUT2D eigenvalue weighted by atomic mass is 16.3. The number of likely N-dealkylation sites (tertiary alicyclic amines) is 1. The van der Waals surface area contributed by atoms with Gasteiger partial charge >= 0.3 is 0 Å². The summed E-state index contributed by atoms with van der Waals surface area (Å²) in [6.07, 6.45) is 6.80. The van der Waals surface area contributed by atoms with Crippen LogP contribution in [0.15, 0.2) is 18.7 Å². The van der Waals surface area contributed by atoms with Gasteiger partial charge in [0.15, 0.2) is 0 Å². The third-order valence-electron chi connectivity index (χ3n) is 3.56. The van der Waals surface area contributed by atoms with Gasteiger partial charge in [-0.1, -0.05) is 0 Å². The number of aliphatic hydroxyl groups is 1. The van der Waals surface area contributed by atoms with Crippen LogP contribution < -0.4 is 5.32 Å². The second-order valence-electron chi connectivity index (χ2n) is 5.07. The predicted molar refractivity (Wildman–Crippen MR) is 71.6 cm³/mol. The van der Waals surface area contributed by atoms with Crippen molar-refractivity contribution in [2.75, 3.05) is 26.2 Å². The van der Waals surface area contributed by atoms with Gasteiger partial charge in [-0.3, -0.25) is 9.69 Å². The number of imidazole rings is 1. The van der Waals surface area contributed by atoms with E-state index in [1.807, 2.05) is 6.92 Å². The van der Waals surface area contributed by atoms with E-state index in [1.165, 1.54) is 0 Å². The number of amides is 1. The third kappa shape index (κ3) is 4.04. The van der Waals surface area contributed by atoms with Crippen molar-refractivity contribution in [2.45, 2.75) is 31.9 Å². The van der Waals surface area contributed by atoms with Crippen LogP contribution in [0.2, 0.25) is 0 Å². The van der Waals surface area contributed by atoms with Crippen molar-refractivity contribution in [2.24, 2.45) is 0 Å². The molecule has 1 aromatic heterocycles. The lowest BCUT2D eigenvalue weighted by atomic mass is 10.1. The van der Waals surface area contributed by atoms with E-state index < -0.39 is 0 Å². The molecule has 106 valence electrons. The molecular formula is C13H22N4O2. The predicted octanol–water partition coefficient (Wildman–Crippen LogP) is 0.0170. The first-order chi connectivity index (χ1) is 9.16. The number of rotatable bonds is 5. The highest BCUT2D eigenvalue weighted by molar-refractivity contribution is 5.79. The maximum Gasteiger partial charge on any atom is 0.242 e. The van der Waals surface area contributed by atoms with Crippen LogP contribution in [0.5, 0.6) is 0 Å². The molecule has 1 aromatic rings. The number of aliphatic hydroxyl groups excluding tert-OH is 1. The number of nitrogens with zero attached hydrogens (tertiary/aromatic N) is 3. The molecule has 0 radical (unpaired) electrons. The Morgan fingerprint density at radius 1 is 1.63 bits per heavy atom. The number of piperidine rings is 1. The Labute approximate surface area is 113 Å². The normalized spacial score (nSPS) is 22.1. The van der Waals surface area contributed by atoms with Crippen molar-refractivity contribution in [1.82, 2.24) is 19.8 Å². The summed E-state index contributed by atoms with van der Waals surface area (Å²) >= 11 is 0. The molecule has 1 aliphatic heterocycles. The first-order valence-corrected chi connectivity index (χ1v) is 6.82. The number of β-amino-alcohol motifs (C(OH)–C–C–N with tert-alkyl or cyclic N) is 1. The molecule has 6 heteroatoms. The quantitative estimate of drug-likeness (QED) is 0.788. The minimum Gasteiger partial charge on any atom is -0.392 e. The van der Waals surface area contributed by atoms with E-state index in [-0.39, 0.29) is 18.1 Å². The van der Waals surface area contributed by atoms with E-state index in [4.69, 9.17) is 0 Å². The number of nitrogens with one attached hydrogen (secondary N) is 1. The van der Waals surface area contributed by atoms with E-state index in [9.17, 15) is 9.90 Å². The molecule has 0 aromatic carbocycles. The molecule has 1 fully saturated rings. The molecular weight excluding hydrogens is 244 g/mol. The molecule has 2 atom stereocenters. The van der Waals surface area contributed by atoms with E-state index in [0.29, 0.717) is 13.1 Å². The zero-order valence-electron chi connectivity index (χ0n) is 11.3. The lowest BCUT2D eigenvalue weighted by Gasteiger charge is -2.30. The molecule has 0 saturated carbocycles. The molecule has 1 amide bonds. The van der Waals surface area contributed by atoms with Crippen LogP contribution in [-0.2, 0) is 4.79 Å². The van der Waals surface area contributed by atoms with Crippen LogP contribution in [0.25, 0.3) is 0 Å². The lowest BCUT2D eigenvalue weighted by Crippen LogP contribution is -2.43. The number of hydrogen-bond donors (Lipinski definition) is 2. The zero-order valence-corrected chi connectivity index (χ0v) is 11.3. The van der Waals surface area contributed by atoms with Crippen molar-refractivity contribution in [3.8, 4) is 0 Å². The van der Waals surface area contributed by atoms with Gasteiger partial charge in [0, 0.05) is 32.0 Å². The van der Waals surface area contributed by atoms with Crippen LogP contribution in [0, 0.1) is 0 Å². The summed E-state index contributed by atoms with van der Waals surface area (Å²) in [7, 11) is 0. The van der Waals surface area contributed by atoms with Gasteiger partial charge in [0.2, 0.25) is 5.91 Å². The zero-order chi connectivity index (χ0) is 13.7. The first-order valence-electron chi connectivity index (χ1n) is 6.82. The van der Waals surface area contributed by atoms with Crippen molar-refractivity contribution in [1.29, 1.82) is 0 Å². The third-order valence-corrected chi connectivity index (χ3v) is 3.56. The SMILES string of the molecule is C[C@@H](C(=O)NCCN1CCC[C@@H](O)C1)n1ccnc1. The largest absolute Gasteiger partial charge is 0.392 e. The van der Waals surface area contributed by atoms with Gasteiger partial charge in [-0.15, -0.1) is 0 Å². The number of aromatic nitrogens is 2. The topological polar surface area (TPSA) is 70.4 Å². The smallest absolute Gasteiger partial charge is 0.242 e. The summed E-state index contributed by atoms with van der Waals surface area (Å²) in [5.41, 5.74) is 0. The summed E-state index contributed by atoms with van der Waals surface area (Å²) < 4.78 is 1.78. The van der Waals surface area contributed by atoms with Gasteiger partial charge in [0.05, 0.1) is 12.4 Å². The van der Waals surface area contributed by atoms with Crippen LogP contribution in [-0.4, -0.2) is 57.7 Å². The summed E-state index contributed by atoms with van der Waals surface area (Å²) in [6, 6.07) is -0.241. The summed E-state index contributed by atoms with van der Waals surface area (Å²) in [4.78, 5) is 18.0. The van der Waals surface area contributed by atoms with Gasteiger partial charge in [0.25, 0.3) is 0 Å². The Balaban J connectivity index is 1.69. The Bertz CT molecular complexity index is 393. The lowest BCUT2D eigenvalue weighted by molar-refractivity contribution is -0.123. The number of carbonyl (C=O) groups is 1. The van der Waals surface area contributed by atoms with Crippen LogP contribution >= 0.6 is 0 Å². The maximum absolute atomic E-state index is 11.9. The van der Waals surface area contributed by atoms with E-state index in [2.05, 4.69) is 15.2 Å². The molecule has 2 heterocycles. The standard InChI is InChI=1S/C13H22N4O2/c1-11(17-8-4-14-10-17)13(19)15-5-7-16-6-2-3-12(18)9-16/h4,8,10-12,18H,2-3,5-7,9H2,1H3,(H,15,19)/t11-,12+/m0/s1. The highest BCUT2D eigenvalue weighted by Crippen LogP contribution is 2.09. The molecule has 0 bridgehead atoms. The summed E-state index contributed by atoms with van der Waals surface area (Å²) in [5, 5.41) is 12.5. The fourth-order valence-electron chi connectivity index (χ4n) is 2.35. The average molecular weight is 266 g/mol. The Hall–Kier alpha value is -1.40. The molecule has 0 unspecified atom stereocenters. The Morgan fingerprint density at radius 3 is 3.16 bits per heavy atom. The van der Waals surface area contributed by atoms with E-state index in [0.717, 1.165) is 25.9 Å². The Kier molecular flexibility index (Phi) is 4.93. The molecule has 6 nitrogen and oxygen atoms in total. The van der Waals surface area contributed by atoms with Gasteiger partial charge in [-0.05, 0) is 26.3 Å². The summed E-state index contributed by atoms with van der Waals surface area (Å²) in [5.74, 6) is -0.00411.